The maximum Gasteiger partial charge on any atom is 0.165 e. The molecule has 3 N–H and O–H groups in total. The second kappa shape index (κ2) is 8.82. The number of hydrogen-bond acceptors (Lipinski definition) is 5. The molecule has 1 aromatic carbocycles. The number of hydrazine groups is 1. The monoisotopic (exact) mass is 272 g/mol. The molecule has 0 aromatic heterocycles. The van der Waals surface area contributed by atoms with Crippen molar-refractivity contribution in [3.05, 3.63) is 29.6 Å². The third-order valence-corrected chi connectivity index (χ3v) is 2.68. The van der Waals surface area contributed by atoms with Crippen LogP contribution < -0.4 is 16.0 Å². The first-order chi connectivity index (χ1) is 9.21. The average Bonchev–Trinajstić information content (AvgIpc) is 2.42. The number of halogens is 1. The average molecular weight is 272 g/mol. The van der Waals surface area contributed by atoms with E-state index in [2.05, 4.69) is 5.43 Å². The lowest BCUT2D eigenvalue weighted by Gasteiger charge is -2.16. The van der Waals surface area contributed by atoms with Gasteiger partial charge >= 0.3 is 0 Å². The van der Waals surface area contributed by atoms with Crippen LogP contribution in [0.15, 0.2) is 18.2 Å². The molecule has 1 unspecified atom stereocenters. The Morgan fingerprint density at radius 2 is 2.11 bits per heavy atom. The molecular formula is C13H21FN2O3. The largest absolute Gasteiger partial charge is 0.494 e. The van der Waals surface area contributed by atoms with E-state index in [1.807, 2.05) is 0 Å². The zero-order valence-electron chi connectivity index (χ0n) is 11.3. The normalized spacial score (nSPS) is 12.4. The summed E-state index contributed by atoms with van der Waals surface area (Å²) in [5, 5.41) is 0. The maximum absolute atomic E-state index is 13.5. The Morgan fingerprint density at radius 3 is 2.68 bits per heavy atom. The molecule has 0 aliphatic heterocycles. The van der Waals surface area contributed by atoms with Crippen molar-refractivity contribution < 1.29 is 18.6 Å². The Balaban J connectivity index is 2.48. The Morgan fingerprint density at radius 1 is 1.32 bits per heavy atom. The summed E-state index contributed by atoms with van der Waals surface area (Å²) in [4.78, 5) is 0. The van der Waals surface area contributed by atoms with Crippen molar-refractivity contribution in [1.29, 1.82) is 0 Å². The maximum atomic E-state index is 13.5. The van der Waals surface area contributed by atoms with E-state index in [1.165, 1.54) is 13.2 Å². The summed E-state index contributed by atoms with van der Waals surface area (Å²) in [6.45, 7) is 1.48. The van der Waals surface area contributed by atoms with Gasteiger partial charge in [-0.1, -0.05) is 6.07 Å². The van der Waals surface area contributed by atoms with Crippen LogP contribution in [0.5, 0.6) is 5.75 Å². The van der Waals surface area contributed by atoms with Crippen LogP contribution in [0.1, 0.15) is 5.56 Å². The number of methoxy groups -OCH3 is 2. The van der Waals surface area contributed by atoms with Crippen LogP contribution in [0.3, 0.4) is 0 Å². The van der Waals surface area contributed by atoms with Crippen LogP contribution in [-0.4, -0.2) is 40.1 Å². The fourth-order valence-corrected chi connectivity index (χ4v) is 1.66. The highest BCUT2D eigenvalue weighted by molar-refractivity contribution is 5.29. The highest BCUT2D eigenvalue weighted by atomic mass is 19.1. The van der Waals surface area contributed by atoms with Gasteiger partial charge in [0.25, 0.3) is 0 Å². The van der Waals surface area contributed by atoms with Gasteiger partial charge in [0.15, 0.2) is 11.6 Å². The first-order valence-corrected chi connectivity index (χ1v) is 6.06. The lowest BCUT2D eigenvalue weighted by Crippen LogP contribution is -2.40. The van der Waals surface area contributed by atoms with Gasteiger partial charge in [0, 0.05) is 13.2 Å². The minimum atomic E-state index is -0.379. The van der Waals surface area contributed by atoms with Gasteiger partial charge in [-0.05, 0) is 24.1 Å². The van der Waals surface area contributed by atoms with Gasteiger partial charge in [0.1, 0.15) is 0 Å². The minimum Gasteiger partial charge on any atom is -0.494 e. The molecule has 0 spiro atoms. The number of nitrogens with two attached hydrogens (primary N) is 1. The molecule has 0 aliphatic rings. The van der Waals surface area contributed by atoms with E-state index in [9.17, 15) is 4.39 Å². The van der Waals surface area contributed by atoms with Crippen molar-refractivity contribution in [2.75, 3.05) is 34.0 Å². The SMILES string of the molecule is COCCOCC(Cc1ccc(OC)c(F)c1)NN. The van der Waals surface area contributed by atoms with E-state index in [0.717, 1.165) is 5.56 Å². The van der Waals surface area contributed by atoms with Crippen molar-refractivity contribution in [3.8, 4) is 5.75 Å². The van der Waals surface area contributed by atoms with Crippen LogP contribution in [-0.2, 0) is 15.9 Å². The molecule has 0 radical (unpaired) electrons. The fourth-order valence-electron chi connectivity index (χ4n) is 1.66. The van der Waals surface area contributed by atoms with Crippen LogP contribution >= 0.6 is 0 Å². The lowest BCUT2D eigenvalue weighted by atomic mass is 10.1. The summed E-state index contributed by atoms with van der Waals surface area (Å²) >= 11 is 0. The Kier molecular flexibility index (Phi) is 7.35. The number of nitrogens with one attached hydrogen (secondary N) is 1. The van der Waals surface area contributed by atoms with E-state index in [1.54, 1.807) is 19.2 Å². The Bertz CT molecular complexity index is 377. The van der Waals surface area contributed by atoms with E-state index >= 15 is 0 Å². The third-order valence-electron chi connectivity index (χ3n) is 2.68. The number of benzene rings is 1. The van der Waals surface area contributed by atoms with Gasteiger partial charge in [-0.3, -0.25) is 11.3 Å². The smallest absolute Gasteiger partial charge is 0.165 e. The van der Waals surface area contributed by atoms with Crippen molar-refractivity contribution in [2.24, 2.45) is 5.84 Å². The van der Waals surface area contributed by atoms with E-state index in [4.69, 9.17) is 20.1 Å². The zero-order chi connectivity index (χ0) is 14.1. The van der Waals surface area contributed by atoms with E-state index in [-0.39, 0.29) is 17.6 Å². The van der Waals surface area contributed by atoms with Crippen LogP contribution in [0.25, 0.3) is 0 Å². The highest BCUT2D eigenvalue weighted by Crippen LogP contribution is 2.18. The van der Waals surface area contributed by atoms with Gasteiger partial charge in [0.05, 0.1) is 26.9 Å². The molecule has 19 heavy (non-hydrogen) atoms. The molecule has 1 aromatic rings. The molecule has 1 rings (SSSR count). The molecule has 108 valence electrons. The molecule has 1 atom stereocenters. The van der Waals surface area contributed by atoms with Crippen molar-refractivity contribution in [1.82, 2.24) is 5.43 Å². The molecular weight excluding hydrogens is 251 g/mol. The molecule has 0 fully saturated rings. The number of hydrogen-bond donors (Lipinski definition) is 2. The van der Waals surface area contributed by atoms with Gasteiger partial charge in [-0.25, -0.2) is 4.39 Å². The summed E-state index contributed by atoms with van der Waals surface area (Å²) in [7, 11) is 3.05. The van der Waals surface area contributed by atoms with E-state index in [0.29, 0.717) is 26.2 Å². The van der Waals surface area contributed by atoms with Crippen molar-refractivity contribution >= 4 is 0 Å². The van der Waals surface area contributed by atoms with Gasteiger partial charge in [0.2, 0.25) is 0 Å². The van der Waals surface area contributed by atoms with Gasteiger partial charge in [-0.15, -0.1) is 0 Å². The molecule has 6 heteroatoms. The summed E-state index contributed by atoms with van der Waals surface area (Å²) < 4.78 is 28.7. The van der Waals surface area contributed by atoms with Gasteiger partial charge < -0.3 is 14.2 Å². The minimum absolute atomic E-state index is 0.0790. The summed E-state index contributed by atoms with van der Waals surface area (Å²) in [5.41, 5.74) is 3.49. The molecule has 0 saturated carbocycles. The quantitative estimate of drug-likeness (QED) is 0.397. The molecule has 5 nitrogen and oxygen atoms in total. The molecule has 0 amide bonds. The molecule has 0 heterocycles. The number of rotatable bonds is 9. The predicted octanol–water partition coefficient (Wildman–Crippen LogP) is 0.872. The van der Waals surface area contributed by atoms with E-state index < -0.39 is 0 Å². The van der Waals surface area contributed by atoms with Crippen molar-refractivity contribution in [2.45, 2.75) is 12.5 Å². The number of ether oxygens (including phenoxy) is 3. The van der Waals surface area contributed by atoms with Crippen LogP contribution in [0, 0.1) is 5.82 Å². The third kappa shape index (κ3) is 5.52. The molecule has 0 aliphatic carbocycles. The van der Waals surface area contributed by atoms with Crippen LogP contribution in [0.4, 0.5) is 4.39 Å². The summed E-state index contributed by atoms with van der Waals surface area (Å²) in [6.07, 6.45) is 0.574. The first kappa shape index (κ1) is 15.8. The lowest BCUT2D eigenvalue weighted by molar-refractivity contribution is 0.0587. The standard InChI is InChI=1S/C13H21FN2O3/c1-17-5-6-19-9-11(16-15)7-10-3-4-13(18-2)12(14)8-10/h3-4,8,11,16H,5-7,9,15H2,1-2H3. The Labute approximate surface area is 112 Å². The highest BCUT2D eigenvalue weighted by Gasteiger charge is 2.10. The molecule has 0 saturated heterocycles. The summed E-state index contributed by atoms with van der Waals surface area (Å²) in [5.74, 6) is 5.30. The zero-order valence-corrected chi connectivity index (χ0v) is 11.3. The summed E-state index contributed by atoms with van der Waals surface area (Å²) in [6, 6.07) is 4.77. The molecule has 0 bridgehead atoms. The second-order valence-corrected chi connectivity index (χ2v) is 4.10. The van der Waals surface area contributed by atoms with Crippen molar-refractivity contribution in [3.63, 3.8) is 0 Å². The van der Waals surface area contributed by atoms with Crippen LogP contribution in [0.2, 0.25) is 0 Å². The van der Waals surface area contributed by atoms with Gasteiger partial charge in [-0.2, -0.15) is 0 Å². The topological polar surface area (TPSA) is 65.7 Å². The predicted molar refractivity (Wildman–Crippen MR) is 70.5 cm³/mol. The fraction of sp³-hybridized carbons (Fsp3) is 0.538. The first-order valence-electron chi connectivity index (χ1n) is 6.06. The Hall–Kier alpha value is -1.21. The second-order valence-electron chi connectivity index (χ2n) is 4.10.